The maximum Gasteiger partial charge on any atom is 0.224 e. The summed E-state index contributed by atoms with van der Waals surface area (Å²) < 4.78 is 1.04. The number of rotatable bonds is 4. The Balaban J connectivity index is 1.86. The Hall–Kier alpha value is -1.61. The fraction of sp³-hybridized carbons (Fsp3) is 0.188. The Bertz CT molecular complexity index is 563. The van der Waals surface area contributed by atoms with E-state index in [4.69, 9.17) is 0 Å². The third kappa shape index (κ3) is 4.52. The second-order valence-electron chi connectivity index (χ2n) is 4.57. The topological polar surface area (TPSA) is 29.1 Å². The zero-order chi connectivity index (χ0) is 13.7. The van der Waals surface area contributed by atoms with Crippen LogP contribution in [0.15, 0.2) is 53.0 Å². The average Bonchev–Trinajstić information content (AvgIpc) is 2.38. The van der Waals surface area contributed by atoms with Crippen LogP contribution < -0.4 is 5.32 Å². The molecule has 0 heterocycles. The van der Waals surface area contributed by atoms with Crippen molar-refractivity contribution in [3.63, 3.8) is 0 Å². The first-order chi connectivity index (χ1) is 9.13. The van der Waals surface area contributed by atoms with Gasteiger partial charge in [0.25, 0.3) is 0 Å². The Morgan fingerprint density at radius 3 is 2.53 bits per heavy atom. The van der Waals surface area contributed by atoms with Crippen molar-refractivity contribution in [1.82, 2.24) is 5.32 Å². The predicted molar refractivity (Wildman–Crippen MR) is 80.9 cm³/mol. The van der Waals surface area contributed by atoms with Crippen molar-refractivity contribution >= 4 is 21.8 Å². The lowest BCUT2D eigenvalue weighted by Gasteiger charge is -2.06. The van der Waals surface area contributed by atoms with Gasteiger partial charge in [0.1, 0.15) is 0 Å². The van der Waals surface area contributed by atoms with Crippen LogP contribution in [0.3, 0.4) is 0 Å². The van der Waals surface area contributed by atoms with Gasteiger partial charge in [-0.1, -0.05) is 57.9 Å². The van der Waals surface area contributed by atoms with Gasteiger partial charge in [-0.15, -0.1) is 0 Å². The van der Waals surface area contributed by atoms with Crippen LogP contribution in [-0.2, 0) is 17.8 Å². The summed E-state index contributed by atoms with van der Waals surface area (Å²) in [5.74, 6) is 0.0496. The molecule has 0 aliphatic rings. The summed E-state index contributed by atoms with van der Waals surface area (Å²) in [5.41, 5.74) is 3.33. The zero-order valence-electron chi connectivity index (χ0n) is 10.8. The molecule has 2 rings (SSSR count). The number of nitrogens with one attached hydrogen (secondary N) is 1. The molecule has 0 atom stereocenters. The maximum absolute atomic E-state index is 11.8. The summed E-state index contributed by atoms with van der Waals surface area (Å²) >= 11 is 3.39. The fourth-order valence-electron chi connectivity index (χ4n) is 1.87. The van der Waals surface area contributed by atoms with Gasteiger partial charge in [0.2, 0.25) is 5.91 Å². The second-order valence-corrected chi connectivity index (χ2v) is 5.48. The van der Waals surface area contributed by atoms with E-state index in [1.54, 1.807) is 0 Å². The zero-order valence-corrected chi connectivity index (χ0v) is 12.4. The van der Waals surface area contributed by atoms with Gasteiger partial charge in [0, 0.05) is 11.0 Å². The lowest BCUT2D eigenvalue weighted by Crippen LogP contribution is -2.24. The first-order valence-electron chi connectivity index (χ1n) is 6.20. The van der Waals surface area contributed by atoms with Crippen LogP contribution in [0.25, 0.3) is 0 Å². The largest absolute Gasteiger partial charge is 0.352 e. The number of aryl methyl sites for hydroxylation is 1. The highest BCUT2D eigenvalue weighted by molar-refractivity contribution is 9.10. The van der Waals surface area contributed by atoms with Crippen LogP contribution >= 0.6 is 15.9 Å². The molecule has 0 saturated heterocycles. The van der Waals surface area contributed by atoms with Crippen molar-refractivity contribution in [3.8, 4) is 0 Å². The molecule has 1 N–H and O–H groups in total. The molecule has 2 aromatic rings. The molecule has 0 radical (unpaired) electrons. The molecule has 2 aromatic carbocycles. The van der Waals surface area contributed by atoms with Gasteiger partial charge in [0.15, 0.2) is 0 Å². The van der Waals surface area contributed by atoms with Crippen LogP contribution in [0, 0.1) is 6.92 Å². The van der Waals surface area contributed by atoms with E-state index < -0.39 is 0 Å². The summed E-state index contributed by atoms with van der Waals surface area (Å²) in [4.78, 5) is 11.8. The van der Waals surface area contributed by atoms with Crippen LogP contribution in [-0.4, -0.2) is 5.91 Å². The molecule has 19 heavy (non-hydrogen) atoms. The van der Waals surface area contributed by atoms with Gasteiger partial charge in [-0.25, -0.2) is 0 Å². The molecule has 3 heteroatoms. The van der Waals surface area contributed by atoms with Crippen LogP contribution in [0.1, 0.15) is 16.7 Å². The SMILES string of the molecule is Cc1cccc(CC(=O)NCc2ccc(Br)cc2)c1. The molecule has 0 aromatic heterocycles. The van der Waals surface area contributed by atoms with Crippen LogP contribution in [0.2, 0.25) is 0 Å². The van der Waals surface area contributed by atoms with E-state index >= 15 is 0 Å². The van der Waals surface area contributed by atoms with Crippen LogP contribution in [0.4, 0.5) is 0 Å². The quantitative estimate of drug-likeness (QED) is 0.917. The summed E-state index contributed by atoms with van der Waals surface area (Å²) in [6.45, 7) is 2.60. The third-order valence-electron chi connectivity index (χ3n) is 2.85. The maximum atomic E-state index is 11.8. The molecular weight excluding hydrogens is 302 g/mol. The second kappa shape index (κ2) is 6.53. The Labute approximate surface area is 122 Å². The minimum atomic E-state index is 0.0496. The highest BCUT2D eigenvalue weighted by Gasteiger charge is 2.03. The monoisotopic (exact) mass is 317 g/mol. The number of hydrogen-bond acceptors (Lipinski definition) is 1. The highest BCUT2D eigenvalue weighted by Crippen LogP contribution is 2.10. The van der Waals surface area contributed by atoms with Crippen molar-refractivity contribution in [1.29, 1.82) is 0 Å². The minimum Gasteiger partial charge on any atom is -0.352 e. The van der Waals surface area contributed by atoms with Crippen molar-refractivity contribution < 1.29 is 4.79 Å². The normalized spacial score (nSPS) is 10.2. The van der Waals surface area contributed by atoms with Gasteiger partial charge in [-0.05, 0) is 30.2 Å². The number of hydrogen-bond donors (Lipinski definition) is 1. The number of amides is 1. The first-order valence-corrected chi connectivity index (χ1v) is 6.99. The summed E-state index contributed by atoms with van der Waals surface area (Å²) in [6.07, 6.45) is 0.429. The van der Waals surface area contributed by atoms with E-state index in [-0.39, 0.29) is 5.91 Å². The Kier molecular flexibility index (Phi) is 4.74. The molecule has 98 valence electrons. The van der Waals surface area contributed by atoms with E-state index in [1.165, 1.54) is 5.56 Å². The van der Waals surface area contributed by atoms with Gasteiger partial charge in [-0.2, -0.15) is 0 Å². The van der Waals surface area contributed by atoms with E-state index in [0.29, 0.717) is 13.0 Å². The number of carbonyl (C=O) groups is 1. The van der Waals surface area contributed by atoms with Gasteiger partial charge < -0.3 is 5.32 Å². The molecule has 0 unspecified atom stereocenters. The van der Waals surface area contributed by atoms with E-state index in [1.807, 2.05) is 55.5 Å². The van der Waals surface area contributed by atoms with Gasteiger partial charge in [0.05, 0.1) is 6.42 Å². The highest BCUT2D eigenvalue weighted by atomic mass is 79.9. The number of halogens is 1. The number of benzene rings is 2. The smallest absolute Gasteiger partial charge is 0.224 e. The van der Waals surface area contributed by atoms with Crippen molar-refractivity contribution in [3.05, 3.63) is 69.7 Å². The molecule has 0 aliphatic heterocycles. The molecular formula is C16H16BrNO. The average molecular weight is 318 g/mol. The molecule has 0 fully saturated rings. The Morgan fingerprint density at radius 2 is 1.84 bits per heavy atom. The van der Waals surface area contributed by atoms with Gasteiger partial charge >= 0.3 is 0 Å². The summed E-state index contributed by atoms with van der Waals surface area (Å²) in [6, 6.07) is 16.0. The predicted octanol–water partition coefficient (Wildman–Crippen LogP) is 3.62. The standard InChI is InChI=1S/C16H16BrNO/c1-12-3-2-4-14(9-12)10-16(19)18-11-13-5-7-15(17)8-6-13/h2-9H,10-11H2,1H3,(H,18,19). The van der Waals surface area contributed by atoms with Crippen molar-refractivity contribution in [2.45, 2.75) is 19.9 Å². The molecule has 1 amide bonds. The molecule has 0 aliphatic carbocycles. The summed E-state index contributed by atoms with van der Waals surface area (Å²) in [7, 11) is 0. The van der Waals surface area contributed by atoms with Crippen molar-refractivity contribution in [2.75, 3.05) is 0 Å². The molecule has 0 spiro atoms. The van der Waals surface area contributed by atoms with Gasteiger partial charge in [-0.3, -0.25) is 4.79 Å². The molecule has 0 saturated carbocycles. The molecule has 2 nitrogen and oxygen atoms in total. The van der Waals surface area contributed by atoms with E-state index in [2.05, 4.69) is 21.2 Å². The minimum absolute atomic E-state index is 0.0496. The van der Waals surface area contributed by atoms with E-state index in [9.17, 15) is 4.79 Å². The lowest BCUT2D eigenvalue weighted by atomic mass is 10.1. The molecule has 0 bridgehead atoms. The third-order valence-corrected chi connectivity index (χ3v) is 3.38. The van der Waals surface area contributed by atoms with Crippen LogP contribution in [0.5, 0.6) is 0 Å². The first kappa shape index (κ1) is 13.8. The van der Waals surface area contributed by atoms with E-state index in [0.717, 1.165) is 15.6 Å². The van der Waals surface area contributed by atoms with Crippen molar-refractivity contribution in [2.24, 2.45) is 0 Å². The summed E-state index contributed by atoms with van der Waals surface area (Å²) in [5, 5.41) is 2.93. The fourth-order valence-corrected chi connectivity index (χ4v) is 2.14. The number of carbonyl (C=O) groups excluding carboxylic acids is 1. The Morgan fingerprint density at radius 1 is 1.11 bits per heavy atom. The lowest BCUT2D eigenvalue weighted by molar-refractivity contribution is -0.120.